The molecule has 0 amide bonds. The molecule has 0 heterocycles. The lowest BCUT2D eigenvalue weighted by atomic mass is 10.2. The molecule has 1 aromatic rings. The highest BCUT2D eigenvalue weighted by Crippen LogP contribution is 2.05. The molecule has 0 saturated heterocycles. The first kappa shape index (κ1) is 14.6. The zero-order valence-electron chi connectivity index (χ0n) is 10.7. The van der Waals surface area contributed by atoms with Crippen molar-refractivity contribution in [3.63, 3.8) is 0 Å². The molecule has 0 aliphatic rings. The van der Waals surface area contributed by atoms with Crippen molar-refractivity contribution in [2.24, 2.45) is 0 Å². The summed E-state index contributed by atoms with van der Waals surface area (Å²) in [5, 5.41) is 0. The Balaban J connectivity index is 0.000000423. The standard InChI is InChI=1S/C10H16N.CH8OSi2/c1-11(2,3)9-10-7-5-4-6-8-10;1-4-2-3/h4-8H,9H2,1-3H3;4H2,1,3H3/q+1;. The fraction of sp³-hybridized carbons (Fsp3) is 0.455. The van der Waals surface area contributed by atoms with E-state index in [-0.39, 0.29) is 9.76 Å². The van der Waals surface area contributed by atoms with Crippen LogP contribution in [0, 0.1) is 0 Å². The van der Waals surface area contributed by atoms with Crippen LogP contribution in [0.5, 0.6) is 0 Å². The highest BCUT2D eigenvalue weighted by atomic mass is 28.3. The monoisotopic (exact) mass is 242 g/mol. The Labute approximate surface area is 99.3 Å². The molecular weight excluding hydrogens is 218 g/mol. The van der Waals surface area contributed by atoms with Crippen molar-refractivity contribution < 1.29 is 8.60 Å². The molecule has 15 heavy (non-hydrogen) atoms. The van der Waals surface area contributed by atoms with Gasteiger partial charge in [-0.2, -0.15) is 0 Å². The molecule has 86 valence electrons. The van der Waals surface area contributed by atoms with E-state index < -0.39 is 0 Å². The molecular formula is C11H24NOSi2+. The smallest absolute Gasteiger partial charge is 0.142 e. The number of rotatable bonds is 3. The summed E-state index contributed by atoms with van der Waals surface area (Å²) >= 11 is 0. The predicted molar refractivity (Wildman–Crippen MR) is 73.6 cm³/mol. The van der Waals surface area contributed by atoms with Gasteiger partial charge in [-0.25, -0.2) is 0 Å². The summed E-state index contributed by atoms with van der Waals surface area (Å²) in [6.07, 6.45) is 0. The van der Waals surface area contributed by atoms with Crippen molar-refractivity contribution in [3.05, 3.63) is 35.9 Å². The van der Waals surface area contributed by atoms with E-state index in [0.29, 0.717) is 0 Å². The lowest BCUT2D eigenvalue weighted by Gasteiger charge is -2.23. The van der Waals surface area contributed by atoms with Gasteiger partial charge >= 0.3 is 0 Å². The molecule has 0 atom stereocenters. The maximum absolute atomic E-state index is 4.82. The summed E-state index contributed by atoms with van der Waals surface area (Å²) in [6, 6.07) is 10.6. The maximum Gasteiger partial charge on any atom is 0.142 e. The Bertz CT molecular complexity index is 245. The van der Waals surface area contributed by atoms with Crippen LogP contribution in [0.15, 0.2) is 30.3 Å². The van der Waals surface area contributed by atoms with Crippen LogP contribution in [0.25, 0.3) is 0 Å². The van der Waals surface area contributed by atoms with Crippen LogP contribution in [-0.4, -0.2) is 45.9 Å². The van der Waals surface area contributed by atoms with E-state index in [2.05, 4.69) is 58.0 Å². The number of quaternary nitrogens is 1. The Morgan fingerprint density at radius 3 is 2.00 bits per heavy atom. The van der Waals surface area contributed by atoms with Crippen LogP contribution in [0.1, 0.15) is 5.56 Å². The molecule has 0 unspecified atom stereocenters. The molecule has 2 nitrogen and oxygen atoms in total. The van der Waals surface area contributed by atoms with Crippen molar-refractivity contribution in [1.82, 2.24) is 0 Å². The molecule has 0 radical (unpaired) electrons. The molecule has 0 aliphatic heterocycles. The van der Waals surface area contributed by atoms with Crippen molar-refractivity contribution >= 4 is 20.2 Å². The van der Waals surface area contributed by atoms with Gasteiger partial charge in [-0.3, -0.25) is 0 Å². The second kappa shape index (κ2) is 7.81. The van der Waals surface area contributed by atoms with Crippen LogP contribution in [-0.2, 0) is 10.7 Å². The predicted octanol–water partition coefficient (Wildman–Crippen LogP) is 0.308. The lowest BCUT2D eigenvalue weighted by Crippen LogP contribution is -2.33. The second-order valence-electron chi connectivity index (χ2n) is 4.51. The van der Waals surface area contributed by atoms with E-state index >= 15 is 0 Å². The Morgan fingerprint density at radius 1 is 1.20 bits per heavy atom. The summed E-state index contributed by atoms with van der Waals surface area (Å²) in [7, 11) is 7.54. The molecule has 0 fully saturated rings. The topological polar surface area (TPSA) is 9.23 Å². The van der Waals surface area contributed by atoms with Crippen LogP contribution >= 0.6 is 0 Å². The third kappa shape index (κ3) is 9.87. The van der Waals surface area contributed by atoms with Crippen LogP contribution in [0.4, 0.5) is 0 Å². The van der Waals surface area contributed by atoms with Gasteiger partial charge in [-0.15, -0.1) is 0 Å². The summed E-state index contributed by atoms with van der Waals surface area (Å²) in [6.45, 7) is 3.23. The zero-order chi connectivity index (χ0) is 11.7. The third-order valence-corrected chi connectivity index (χ3v) is 4.10. The number of benzene rings is 1. The van der Waals surface area contributed by atoms with Crippen molar-refractivity contribution in [2.45, 2.75) is 13.1 Å². The molecule has 0 N–H and O–H groups in total. The van der Waals surface area contributed by atoms with Gasteiger partial charge in [-0.05, 0) is 0 Å². The molecule has 0 spiro atoms. The van der Waals surface area contributed by atoms with Crippen LogP contribution in [0.2, 0.25) is 6.55 Å². The average molecular weight is 242 g/mol. The highest BCUT2D eigenvalue weighted by Gasteiger charge is 2.06. The summed E-state index contributed by atoms with van der Waals surface area (Å²) in [5.41, 5.74) is 1.40. The highest BCUT2D eigenvalue weighted by molar-refractivity contribution is 6.32. The molecule has 0 aromatic heterocycles. The summed E-state index contributed by atoms with van der Waals surface area (Å²) < 4.78 is 5.81. The Kier molecular flexibility index (Phi) is 7.59. The fourth-order valence-corrected chi connectivity index (χ4v) is 1.13. The normalized spacial score (nSPS) is 11.5. The Morgan fingerprint density at radius 2 is 1.67 bits per heavy atom. The second-order valence-corrected chi connectivity index (χ2v) is 7.40. The molecule has 0 saturated carbocycles. The van der Waals surface area contributed by atoms with Crippen molar-refractivity contribution in [2.75, 3.05) is 21.1 Å². The minimum Gasteiger partial charge on any atom is -0.468 e. The van der Waals surface area contributed by atoms with Gasteiger partial charge in [0, 0.05) is 5.56 Å². The minimum atomic E-state index is -0.0139. The third-order valence-electron chi connectivity index (χ3n) is 1.79. The molecule has 1 aromatic carbocycles. The van der Waals surface area contributed by atoms with Gasteiger partial charge in [0.2, 0.25) is 0 Å². The van der Waals surface area contributed by atoms with E-state index in [4.69, 9.17) is 4.12 Å². The fourth-order valence-electron chi connectivity index (χ4n) is 1.13. The summed E-state index contributed by atoms with van der Waals surface area (Å²) in [4.78, 5) is 0. The van der Waals surface area contributed by atoms with Gasteiger partial charge in [0.1, 0.15) is 26.8 Å². The number of hydrogen-bond donors (Lipinski definition) is 0. The van der Waals surface area contributed by atoms with Crippen LogP contribution in [0.3, 0.4) is 0 Å². The van der Waals surface area contributed by atoms with Crippen molar-refractivity contribution in [3.8, 4) is 0 Å². The first-order valence-corrected chi connectivity index (χ1v) is 8.13. The van der Waals surface area contributed by atoms with Gasteiger partial charge < -0.3 is 8.60 Å². The SMILES string of the molecule is C[N+](C)(C)Cc1ccccc1.C[SiH2]O[SiH3]. The van der Waals surface area contributed by atoms with E-state index in [1.54, 1.807) is 0 Å². The summed E-state index contributed by atoms with van der Waals surface area (Å²) in [5.74, 6) is 0. The number of nitrogens with zero attached hydrogens (tertiary/aromatic N) is 1. The first-order chi connectivity index (χ1) is 6.99. The van der Waals surface area contributed by atoms with Crippen LogP contribution < -0.4 is 0 Å². The molecule has 0 aliphatic carbocycles. The van der Waals surface area contributed by atoms with E-state index in [1.165, 1.54) is 5.56 Å². The van der Waals surface area contributed by atoms with Crippen molar-refractivity contribution in [1.29, 1.82) is 0 Å². The van der Waals surface area contributed by atoms with E-state index in [0.717, 1.165) is 21.5 Å². The minimum absolute atomic E-state index is 0.0139. The lowest BCUT2D eigenvalue weighted by molar-refractivity contribution is -0.884. The zero-order valence-corrected chi connectivity index (χ0v) is 14.1. The van der Waals surface area contributed by atoms with E-state index in [9.17, 15) is 0 Å². The number of hydrogen-bond acceptors (Lipinski definition) is 1. The van der Waals surface area contributed by atoms with Gasteiger partial charge in [0.05, 0.1) is 21.1 Å². The largest absolute Gasteiger partial charge is 0.468 e. The van der Waals surface area contributed by atoms with Gasteiger partial charge in [0.25, 0.3) is 0 Å². The average Bonchev–Trinajstić information content (AvgIpc) is 2.17. The van der Waals surface area contributed by atoms with Gasteiger partial charge in [-0.1, -0.05) is 36.9 Å². The van der Waals surface area contributed by atoms with Gasteiger partial charge in [0.15, 0.2) is 0 Å². The Hall–Kier alpha value is -0.426. The maximum atomic E-state index is 4.82. The van der Waals surface area contributed by atoms with E-state index in [1.807, 2.05) is 0 Å². The molecule has 1 rings (SSSR count). The first-order valence-electron chi connectivity index (χ1n) is 5.33. The molecule has 4 heteroatoms. The quantitative estimate of drug-likeness (QED) is 0.548. The molecule has 0 bridgehead atoms.